The normalized spacial score (nSPS) is 28.6. The second kappa shape index (κ2) is 7.21. The SMILES string of the molecule is O=C1c2ccc(O[C@@H]3O[C@H](CO)[C@@H](O)[C@H](O)[C@H]3O)cc2C(=O)c2ccc(O)cc21. The Balaban J connectivity index is 1.64. The van der Waals surface area contributed by atoms with Gasteiger partial charge in [-0.1, -0.05) is 0 Å². The minimum atomic E-state index is -1.61. The van der Waals surface area contributed by atoms with Gasteiger partial charge in [0.1, 0.15) is 35.9 Å². The maximum Gasteiger partial charge on any atom is 0.229 e. The predicted molar refractivity (Wildman–Crippen MR) is 95.8 cm³/mol. The maximum absolute atomic E-state index is 12.8. The van der Waals surface area contributed by atoms with Crippen LogP contribution in [0.15, 0.2) is 36.4 Å². The molecule has 0 bridgehead atoms. The highest BCUT2D eigenvalue weighted by atomic mass is 16.7. The van der Waals surface area contributed by atoms with E-state index in [1.54, 1.807) is 0 Å². The zero-order chi connectivity index (χ0) is 20.9. The van der Waals surface area contributed by atoms with Crippen molar-refractivity contribution in [2.45, 2.75) is 30.7 Å². The van der Waals surface area contributed by atoms with Gasteiger partial charge in [-0.15, -0.1) is 0 Å². The van der Waals surface area contributed by atoms with Crippen molar-refractivity contribution >= 4 is 11.6 Å². The molecule has 2 aromatic carbocycles. The Morgan fingerprint density at radius 2 is 1.45 bits per heavy atom. The van der Waals surface area contributed by atoms with Crippen LogP contribution in [0.3, 0.4) is 0 Å². The van der Waals surface area contributed by atoms with Crippen molar-refractivity contribution in [2.75, 3.05) is 6.61 Å². The lowest BCUT2D eigenvalue weighted by Crippen LogP contribution is -2.60. The average Bonchev–Trinajstić information content (AvgIpc) is 2.72. The molecule has 1 heterocycles. The fourth-order valence-electron chi connectivity index (χ4n) is 3.49. The van der Waals surface area contributed by atoms with Crippen LogP contribution in [0, 0.1) is 0 Å². The van der Waals surface area contributed by atoms with E-state index < -0.39 is 48.9 Å². The number of rotatable bonds is 3. The number of aliphatic hydroxyl groups is 4. The van der Waals surface area contributed by atoms with Crippen molar-refractivity contribution in [1.82, 2.24) is 0 Å². The van der Waals surface area contributed by atoms with Crippen molar-refractivity contribution in [3.05, 3.63) is 58.7 Å². The third kappa shape index (κ3) is 3.18. The van der Waals surface area contributed by atoms with Gasteiger partial charge in [-0.2, -0.15) is 0 Å². The Morgan fingerprint density at radius 1 is 0.828 bits per heavy atom. The molecule has 0 amide bonds. The van der Waals surface area contributed by atoms with Crippen LogP contribution >= 0.6 is 0 Å². The summed E-state index contributed by atoms with van der Waals surface area (Å²) >= 11 is 0. The Hall–Kier alpha value is -2.82. The standard InChI is InChI=1S/C20H18O9/c21-7-14-17(25)18(26)19(27)20(29-14)28-9-2-4-11-13(6-9)16(24)10-3-1-8(22)5-12(10)15(11)23/h1-6,14,17-22,25-27H,7H2/t14-,17-,18+,19-,20-/m1/s1. The van der Waals surface area contributed by atoms with Crippen molar-refractivity contribution in [3.8, 4) is 11.5 Å². The Morgan fingerprint density at radius 3 is 2.10 bits per heavy atom. The first kappa shape index (κ1) is 19.5. The monoisotopic (exact) mass is 402 g/mol. The third-order valence-electron chi connectivity index (χ3n) is 5.07. The second-order valence-corrected chi connectivity index (χ2v) is 6.91. The van der Waals surface area contributed by atoms with Crippen LogP contribution < -0.4 is 4.74 Å². The number of hydrogen-bond donors (Lipinski definition) is 5. The molecule has 2 aromatic rings. The molecule has 1 aliphatic heterocycles. The van der Waals surface area contributed by atoms with E-state index in [1.165, 1.54) is 36.4 Å². The van der Waals surface area contributed by atoms with Gasteiger partial charge in [0.25, 0.3) is 0 Å². The molecule has 1 aliphatic carbocycles. The number of fused-ring (bicyclic) bond motifs is 2. The lowest BCUT2D eigenvalue weighted by Gasteiger charge is -2.39. The van der Waals surface area contributed by atoms with E-state index in [0.29, 0.717) is 0 Å². The van der Waals surface area contributed by atoms with Gasteiger partial charge in [0, 0.05) is 22.3 Å². The fraction of sp³-hybridized carbons (Fsp3) is 0.300. The van der Waals surface area contributed by atoms with E-state index in [2.05, 4.69) is 0 Å². The number of benzene rings is 2. The number of phenols is 1. The van der Waals surface area contributed by atoms with Gasteiger partial charge < -0.3 is 35.0 Å². The summed E-state index contributed by atoms with van der Waals surface area (Å²) in [6.45, 7) is -0.606. The number of ketones is 2. The molecule has 152 valence electrons. The van der Waals surface area contributed by atoms with Gasteiger partial charge in [-0.25, -0.2) is 0 Å². The van der Waals surface area contributed by atoms with Crippen LogP contribution in [0.2, 0.25) is 0 Å². The molecule has 0 saturated carbocycles. The summed E-state index contributed by atoms with van der Waals surface area (Å²) in [5.41, 5.74) is 0.458. The van der Waals surface area contributed by atoms with E-state index in [-0.39, 0.29) is 33.8 Å². The highest BCUT2D eigenvalue weighted by molar-refractivity contribution is 6.28. The third-order valence-corrected chi connectivity index (χ3v) is 5.07. The number of hydrogen-bond acceptors (Lipinski definition) is 9. The number of phenolic OH excluding ortho intramolecular Hbond substituents is 1. The maximum atomic E-state index is 12.8. The Labute approximate surface area is 164 Å². The molecule has 0 aromatic heterocycles. The highest BCUT2D eigenvalue weighted by Crippen LogP contribution is 2.32. The lowest BCUT2D eigenvalue weighted by atomic mass is 9.84. The summed E-state index contributed by atoms with van der Waals surface area (Å²) in [7, 11) is 0. The second-order valence-electron chi connectivity index (χ2n) is 6.91. The predicted octanol–water partition coefficient (Wildman–Crippen LogP) is -0.654. The van der Waals surface area contributed by atoms with Crippen LogP contribution in [0.4, 0.5) is 0 Å². The van der Waals surface area contributed by atoms with E-state index in [4.69, 9.17) is 9.47 Å². The fourth-order valence-corrected chi connectivity index (χ4v) is 3.49. The molecule has 9 nitrogen and oxygen atoms in total. The van der Waals surface area contributed by atoms with Gasteiger partial charge in [0.05, 0.1) is 6.61 Å². The molecule has 29 heavy (non-hydrogen) atoms. The summed E-state index contributed by atoms with van der Waals surface area (Å²) < 4.78 is 10.8. The van der Waals surface area contributed by atoms with Crippen molar-refractivity contribution in [1.29, 1.82) is 0 Å². The van der Waals surface area contributed by atoms with Gasteiger partial charge in [0.2, 0.25) is 6.29 Å². The zero-order valence-corrected chi connectivity index (χ0v) is 14.9. The largest absolute Gasteiger partial charge is 0.508 e. The lowest BCUT2D eigenvalue weighted by molar-refractivity contribution is -0.277. The van der Waals surface area contributed by atoms with E-state index in [9.17, 15) is 35.1 Å². The molecule has 5 atom stereocenters. The molecular formula is C20H18O9. The molecule has 2 aliphatic rings. The zero-order valence-electron chi connectivity index (χ0n) is 14.9. The molecular weight excluding hydrogens is 384 g/mol. The van der Waals surface area contributed by atoms with Gasteiger partial charge >= 0.3 is 0 Å². The number of aliphatic hydroxyl groups excluding tert-OH is 4. The molecule has 0 radical (unpaired) electrons. The molecule has 1 fully saturated rings. The summed E-state index contributed by atoms with van der Waals surface area (Å²) in [5.74, 6) is -0.911. The highest BCUT2D eigenvalue weighted by Gasteiger charge is 2.44. The number of aromatic hydroxyl groups is 1. The Bertz CT molecular complexity index is 984. The number of carbonyl (C=O) groups is 2. The number of carbonyl (C=O) groups excluding carboxylic acids is 2. The van der Waals surface area contributed by atoms with Crippen LogP contribution in [0.1, 0.15) is 31.8 Å². The molecule has 5 N–H and O–H groups in total. The van der Waals surface area contributed by atoms with Crippen LogP contribution in [-0.4, -0.2) is 74.4 Å². The Kier molecular flexibility index (Phi) is 4.85. The van der Waals surface area contributed by atoms with Crippen molar-refractivity contribution in [3.63, 3.8) is 0 Å². The van der Waals surface area contributed by atoms with Gasteiger partial charge in [-0.05, 0) is 36.4 Å². The van der Waals surface area contributed by atoms with E-state index in [0.717, 1.165) is 0 Å². The summed E-state index contributed by atoms with van der Waals surface area (Å²) in [6, 6.07) is 7.98. The minimum Gasteiger partial charge on any atom is -0.508 e. The first-order chi connectivity index (χ1) is 13.8. The molecule has 4 rings (SSSR count). The smallest absolute Gasteiger partial charge is 0.229 e. The van der Waals surface area contributed by atoms with Crippen molar-refractivity contribution < 1.29 is 44.6 Å². The molecule has 0 spiro atoms. The van der Waals surface area contributed by atoms with Crippen LogP contribution in [0.5, 0.6) is 11.5 Å². The van der Waals surface area contributed by atoms with E-state index >= 15 is 0 Å². The minimum absolute atomic E-state index is 0.0790. The summed E-state index contributed by atoms with van der Waals surface area (Å²) in [5, 5.41) is 48.6. The van der Waals surface area contributed by atoms with Crippen molar-refractivity contribution in [2.24, 2.45) is 0 Å². The quantitative estimate of drug-likeness (QED) is 0.384. The van der Waals surface area contributed by atoms with Crippen LogP contribution in [-0.2, 0) is 4.74 Å². The van der Waals surface area contributed by atoms with E-state index in [1.807, 2.05) is 0 Å². The molecule has 0 unspecified atom stereocenters. The first-order valence-corrected chi connectivity index (χ1v) is 8.85. The van der Waals surface area contributed by atoms with Gasteiger partial charge in [0.15, 0.2) is 11.6 Å². The first-order valence-electron chi connectivity index (χ1n) is 8.85. The topological polar surface area (TPSA) is 154 Å². The molecule has 9 heteroatoms. The summed E-state index contributed by atoms with van der Waals surface area (Å²) in [6.07, 6.45) is -7.29. The average molecular weight is 402 g/mol. The molecule has 1 saturated heterocycles. The summed E-state index contributed by atoms with van der Waals surface area (Å²) in [4.78, 5) is 25.5. The van der Waals surface area contributed by atoms with Crippen LogP contribution in [0.25, 0.3) is 0 Å². The number of ether oxygens (including phenoxy) is 2. The van der Waals surface area contributed by atoms with Gasteiger partial charge in [-0.3, -0.25) is 9.59 Å².